The molecule has 3 aromatic rings. The van der Waals surface area contributed by atoms with E-state index in [1.54, 1.807) is 13.2 Å². The third-order valence-corrected chi connectivity index (χ3v) is 5.33. The molecule has 1 aliphatic heterocycles. The normalized spacial score (nSPS) is 15.4. The minimum Gasteiger partial charge on any atom is -0.497 e. The molecular weight excluding hydrogens is 368 g/mol. The maximum atomic E-state index is 12.7. The van der Waals surface area contributed by atoms with Gasteiger partial charge in [-0.3, -0.25) is 14.8 Å². The number of benzene rings is 1. The molecule has 0 bridgehead atoms. The smallest absolute Gasteiger partial charge is 0.271 e. The van der Waals surface area contributed by atoms with Crippen molar-refractivity contribution in [3.05, 3.63) is 59.5 Å². The highest BCUT2D eigenvalue weighted by Crippen LogP contribution is 2.27. The highest BCUT2D eigenvalue weighted by molar-refractivity contribution is 5.93. The molecule has 2 aromatic heterocycles. The second kappa shape index (κ2) is 8.53. The number of nitrogens with zero attached hydrogens (tertiary/aromatic N) is 2. The zero-order valence-electron chi connectivity index (χ0n) is 16.8. The Morgan fingerprint density at radius 1 is 1.28 bits per heavy atom. The molecule has 152 valence electrons. The van der Waals surface area contributed by atoms with Gasteiger partial charge < -0.3 is 14.5 Å². The molecule has 0 radical (unpaired) electrons. The lowest BCUT2D eigenvalue weighted by Crippen LogP contribution is -2.37. The molecule has 7 nitrogen and oxygen atoms in total. The largest absolute Gasteiger partial charge is 0.497 e. The minimum absolute atomic E-state index is 0.0997. The minimum atomic E-state index is -0.206. The number of methoxy groups -OCH3 is 1. The van der Waals surface area contributed by atoms with Crippen LogP contribution in [0.2, 0.25) is 0 Å². The van der Waals surface area contributed by atoms with Gasteiger partial charge in [0.2, 0.25) is 0 Å². The first kappa shape index (κ1) is 19.3. The Labute approximate surface area is 170 Å². The fourth-order valence-electron chi connectivity index (χ4n) is 3.78. The van der Waals surface area contributed by atoms with Gasteiger partial charge >= 0.3 is 0 Å². The standard InChI is InChI=1S/C22H26N4O3/c1-15-8-9-21(29-15)18-13-19(25-24-18)22(27)23-14-20(26-10-3-4-11-26)16-6-5-7-17(12-16)28-2/h5-9,12-13,20H,3-4,10-11,14H2,1-2H3,(H,23,27)(H,24,25). The number of aromatic amines is 1. The van der Waals surface area contributed by atoms with E-state index in [1.807, 2.05) is 37.3 Å². The average Bonchev–Trinajstić information content (AvgIpc) is 3.50. The summed E-state index contributed by atoms with van der Waals surface area (Å²) in [5.41, 5.74) is 2.17. The van der Waals surface area contributed by atoms with E-state index >= 15 is 0 Å². The van der Waals surface area contributed by atoms with Gasteiger partial charge in [0.25, 0.3) is 5.91 Å². The number of H-pyrrole nitrogens is 1. The van der Waals surface area contributed by atoms with Crippen LogP contribution in [0.5, 0.6) is 5.75 Å². The Morgan fingerprint density at radius 2 is 2.10 bits per heavy atom. The first-order chi connectivity index (χ1) is 14.1. The topological polar surface area (TPSA) is 83.4 Å². The lowest BCUT2D eigenvalue weighted by atomic mass is 10.0. The van der Waals surface area contributed by atoms with Crippen molar-refractivity contribution in [1.29, 1.82) is 0 Å². The summed E-state index contributed by atoms with van der Waals surface area (Å²) in [6.07, 6.45) is 2.36. The monoisotopic (exact) mass is 394 g/mol. The highest BCUT2D eigenvalue weighted by atomic mass is 16.5. The van der Waals surface area contributed by atoms with Crippen LogP contribution in [-0.2, 0) is 0 Å². The lowest BCUT2D eigenvalue weighted by molar-refractivity contribution is 0.0933. The van der Waals surface area contributed by atoms with Crippen LogP contribution in [0.25, 0.3) is 11.5 Å². The Morgan fingerprint density at radius 3 is 2.83 bits per heavy atom. The fraction of sp³-hybridized carbons (Fsp3) is 0.364. The van der Waals surface area contributed by atoms with Crippen LogP contribution in [0, 0.1) is 6.92 Å². The quantitative estimate of drug-likeness (QED) is 0.640. The van der Waals surface area contributed by atoms with E-state index in [2.05, 4.69) is 26.5 Å². The van der Waals surface area contributed by atoms with Gasteiger partial charge in [-0.1, -0.05) is 12.1 Å². The molecule has 0 saturated carbocycles. The SMILES string of the molecule is COc1cccc(C(CNC(=O)c2cc(-c3ccc(C)o3)[nH]n2)N2CCCC2)c1. The summed E-state index contributed by atoms with van der Waals surface area (Å²) < 4.78 is 11.0. The third kappa shape index (κ3) is 4.35. The molecule has 1 aliphatic rings. The molecule has 1 amide bonds. The maximum Gasteiger partial charge on any atom is 0.271 e. The molecule has 0 aliphatic carbocycles. The van der Waals surface area contributed by atoms with E-state index in [9.17, 15) is 4.79 Å². The van der Waals surface area contributed by atoms with Crippen molar-refractivity contribution < 1.29 is 13.9 Å². The summed E-state index contributed by atoms with van der Waals surface area (Å²) in [5, 5.41) is 10.1. The van der Waals surface area contributed by atoms with Gasteiger partial charge in [0.05, 0.1) is 13.2 Å². The zero-order chi connectivity index (χ0) is 20.2. The fourth-order valence-corrected chi connectivity index (χ4v) is 3.78. The van der Waals surface area contributed by atoms with Gasteiger partial charge in [0.15, 0.2) is 11.5 Å². The number of hydrogen-bond donors (Lipinski definition) is 2. The number of carbonyl (C=O) groups is 1. The summed E-state index contributed by atoms with van der Waals surface area (Å²) in [6.45, 7) is 4.45. The van der Waals surface area contributed by atoms with E-state index in [0.29, 0.717) is 23.7 Å². The van der Waals surface area contributed by atoms with E-state index < -0.39 is 0 Å². The van der Waals surface area contributed by atoms with Crippen LogP contribution in [0.15, 0.2) is 46.9 Å². The van der Waals surface area contributed by atoms with Crippen LogP contribution in [0.1, 0.15) is 40.7 Å². The van der Waals surface area contributed by atoms with Crippen molar-refractivity contribution in [3.63, 3.8) is 0 Å². The van der Waals surface area contributed by atoms with E-state index in [0.717, 1.165) is 30.2 Å². The molecule has 1 atom stereocenters. The van der Waals surface area contributed by atoms with Crippen molar-refractivity contribution in [3.8, 4) is 17.2 Å². The number of ether oxygens (including phenoxy) is 1. The van der Waals surface area contributed by atoms with Gasteiger partial charge in [0.1, 0.15) is 17.2 Å². The van der Waals surface area contributed by atoms with Crippen molar-refractivity contribution in [2.75, 3.05) is 26.7 Å². The summed E-state index contributed by atoms with van der Waals surface area (Å²) in [7, 11) is 1.67. The van der Waals surface area contributed by atoms with Crippen molar-refractivity contribution >= 4 is 5.91 Å². The molecule has 4 rings (SSSR count). The van der Waals surface area contributed by atoms with Gasteiger partial charge in [-0.15, -0.1) is 0 Å². The third-order valence-electron chi connectivity index (χ3n) is 5.33. The first-order valence-corrected chi connectivity index (χ1v) is 9.92. The molecular formula is C22H26N4O3. The number of amides is 1. The van der Waals surface area contributed by atoms with Gasteiger partial charge in [-0.05, 0) is 62.7 Å². The number of aromatic nitrogens is 2. The molecule has 1 fully saturated rings. The molecule has 29 heavy (non-hydrogen) atoms. The average molecular weight is 394 g/mol. The number of hydrogen-bond acceptors (Lipinski definition) is 5. The van der Waals surface area contributed by atoms with Crippen LogP contribution in [-0.4, -0.2) is 47.7 Å². The number of nitrogens with one attached hydrogen (secondary N) is 2. The molecule has 1 aromatic carbocycles. The number of rotatable bonds is 7. The number of furan rings is 1. The Balaban J connectivity index is 1.47. The Bertz CT molecular complexity index is 972. The Hall–Kier alpha value is -3.06. The maximum absolute atomic E-state index is 12.7. The van der Waals surface area contributed by atoms with Crippen molar-refractivity contribution in [1.82, 2.24) is 20.4 Å². The molecule has 0 spiro atoms. The molecule has 1 saturated heterocycles. The molecule has 1 unspecified atom stereocenters. The number of carbonyl (C=O) groups excluding carboxylic acids is 1. The summed E-state index contributed by atoms with van der Waals surface area (Å²) in [4.78, 5) is 15.1. The van der Waals surface area contributed by atoms with Gasteiger partial charge in [0, 0.05) is 12.6 Å². The summed E-state index contributed by atoms with van der Waals surface area (Å²) >= 11 is 0. The van der Waals surface area contributed by atoms with Gasteiger partial charge in [-0.25, -0.2) is 0 Å². The summed E-state index contributed by atoms with van der Waals surface area (Å²) in [5.74, 6) is 2.10. The number of likely N-dealkylation sites (tertiary alicyclic amines) is 1. The summed E-state index contributed by atoms with van der Waals surface area (Å²) in [6, 6.07) is 13.6. The predicted molar refractivity (Wildman–Crippen MR) is 110 cm³/mol. The van der Waals surface area contributed by atoms with Gasteiger partial charge in [-0.2, -0.15) is 5.10 Å². The highest BCUT2D eigenvalue weighted by Gasteiger charge is 2.25. The van der Waals surface area contributed by atoms with Crippen LogP contribution < -0.4 is 10.1 Å². The van der Waals surface area contributed by atoms with Crippen LogP contribution in [0.3, 0.4) is 0 Å². The van der Waals surface area contributed by atoms with Crippen molar-refractivity contribution in [2.24, 2.45) is 0 Å². The van der Waals surface area contributed by atoms with Crippen LogP contribution in [0.4, 0.5) is 0 Å². The first-order valence-electron chi connectivity index (χ1n) is 9.92. The Kier molecular flexibility index (Phi) is 5.67. The van der Waals surface area contributed by atoms with Crippen molar-refractivity contribution in [2.45, 2.75) is 25.8 Å². The van der Waals surface area contributed by atoms with E-state index in [-0.39, 0.29) is 11.9 Å². The molecule has 7 heteroatoms. The zero-order valence-corrected chi connectivity index (χ0v) is 16.8. The lowest BCUT2D eigenvalue weighted by Gasteiger charge is -2.28. The second-order valence-corrected chi connectivity index (χ2v) is 7.32. The predicted octanol–water partition coefficient (Wildman–Crippen LogP) is 3.55. The molecule has 2 N–H and O–H groups in total. The van der Waals surface area contributed by atoms with Crippen LogP contribution >= 0.6 is 0 Å². The van der Waals surface area contributed by atoms with E-state index in [4.69, 9.17) is 9.15 Å². The molecule has 3 heterocycles. The second-order valence-electron chi connectivity index (χ2n) is 7.32. The van der Waals surface area contributed by atoms with E-state index in [1.165, 1.54) is 12.8 Å². The number of aryl methyl sites for hydroxylation is 1.